The second-order valence-electron chi connectivity index (χ2n) is 4.02. The van der Waals surface area contributed by atoms with Gasteiger partial charge in [-0.15, -0.1) is 0 Å². The highest BCUT2D eigenvalue weighted by molar-refractivity contribution is 5.95. The molecule has 19 heavy (non-hydrogen) atoms. The highest BCUT2D eigenvalue weighted by Crippen LogP contribution is 2.31. The van der Waals surface area contributed by atoms with Crippen molar-refractivity contribution in [2.75, 3.05) is 18.5 Å². The number of aliphatic hydroxyl groups is 2. The smallest absolute Gasteiger partial charge is 0.262 e. The lowest BCUT2D eigenvalue weighted by molar-refractivity contribution is -0.118. The zero-order chi connectivity index (χ0) is 13.8. The van der Waals surface area contributed by atoms with Crippen LogP contribution in [-0.2, 0) is 4.79 Å². The Hall–Kier alpha value is -2.28. The number of carbonyl (C=O) groups excluding carboxylic acids is 1. The van der Waals surface area contributed by atoms with Crippen LogP contribution in [0.1, 0.15) is 11.7 Å². The molecule has 1 aromatic carbocycles. The Morgan fingerprint density at radius 2 is 2.32 bits per heavy atom. The molecule has 100 valence electrons. The highest BCUT2D eigenvalue weighted by atomic mass is 16.5. The lowest BCUT2D eigenvalue weighted by Gasteiger charge is -2.21. The van der Waals surface area contributed by atoms with Gasteiger partial charge in [-0.05, 0) is 23.2 Å². The maximum atomic E-state index is 11.1. The highest BCUT2D eigenvalue weighted by Gasteiger charge is 2.21. The first-order valence-electron chi connectivity index (χ1n) is 5.55. The molecule has 2 atom stereocenters. The molecule has 0 bridgehead atoms. The molecular weight excluding hydrogens is 252 g/mol. The van der Waals surface area contributed by atoms with Crippen LogP contribution < -0.4 is 10.1 Å². The topological polar surface area (TPSA) is 128 Å². The minimum absolute atomic E-state index is 0.0895. The van der Waals surface area contributed by atoms with Crippen LogP contribution in [0, 0.1) is 0 Å². The van der Waals surface area contributed by atoms with Crippen molar-refractivity contribution in [1.82, 2.24) is 0 Å². The van der Waals surface area contributed by atoms with Crippen molar-refractivity contribution in [1.29, 1.82) is 0 Å². The van der Waals surface area contributed by atoms with E-state index in [1.165, 1.54) is 6.07 Å². The van der Waals surface area contributed by atoms with Gasteiger partial charge in [0, 0.05) is 4.91 Å². The van der Waals surface area contributed by atoms with Gasteiger partial charge >= 0.3 is 0 Å². The number of carbonyl (C=O) groups is 1. The van der Waals surface area contributed by atoms with Crippen molar-refractivity contribution in [3.05, 3.63) is 34.2 Å². The van der Waals surface area contributed by atoms with Gasteiger partial charge in [0.15, 0.2) is 6.61 Å². The van der Waals surface area contributed by atoms with Gasteiger partial charge in [0.1, 0.15) is 11.9 Å². The van der Waals surface area contributed by atoms with Crippen LogP contribution in [0.2, 0.25) is 0 Å². The predicted molar refractivity (Wildman–Crippen MR) is 65.5 cm³/mol. The van der Waals surface area contributed by atoms with Crippen LogP contribution in [0.5, 0.6) is 5.75 Å². The molecule has 0 spiro atoms. The van der Waals surface area contributed by atoms with Gasteiger partial charge in [-0.1, -0.05) is 11.2 Å². The largest absolute Gasteiger partial charge is 0.482 e. The van der Waals surface area contributed by atoms with E-state index in [0.29, 0.717) is 17.0 Å². The lowest BCUT2D eigenvalue weighted by atomic mass is 10.0. The monoisotopic (exact) mass is 264 g/mol. The van der Waals surface area contributed by atoms with E-state index in [1.54, 1.807) is 12.1 Å². The number of fused-ring (bicyclic) bond motifs is 1. The van der Waals surface area contributed by atoms with Crippen LogP contribution >= 0.6 is 0 Å². The molecule has 1 aromatic rings. The van der Waals surface area contributed by atoms with E-state index in [1.807, 2.05) is 0 Å². The number of anilines is 1. The predicted octanol–water partition coefficient (Wildman–Crippen LogP) is 0.722. The molecule has 0 saturated heterocycles. The van der Waals surface area contributed by atoms with Gasteiger partial charge in [0.2, 0.25) is 0 Å². The molecule has 8 nitrogen and oxygen atoms in total. The Morgan fingerprint density at radius 1 is 1.53 bits per heavy atom. The second-order valence-corrected chi connectivity index (χ2v) is 4.02. The zero-order valence-electron chi connectivity index (χ0n) is 9.85. The molecule has 0 aromatic heterocycles. The molecule has 0 fully saturated rings. The Labute approximate surface area is 108 Å². The van der Waals surface area contributed by atoms with E-state index in [-0.39, 0.29) is 19.1 Å². The van der Waals surface area contributed by atoms with Crippen LogP contribution in [0.3, 0.4) is 0 Å². The quantitative estimate of drug-likeness (QED) is 0.420. The first-order valence-corrected chi connectivity index (χ1v) is 5.55. The Kier molecular flexibility index (Phi) is 3.86. The SMILES string of the molecule is [N-]=[N+]=NCC(O)C(O)c1ccc2c(c1)OCC(=O)N2. The first kappa shape index (κ1) is 13.2. The molecule has 2 unspecified atom stereocenters. The summed E-state index contributed by atoms with van der Waals surface area (Å²) in [7, 11) is 0. The number of aliphatic hydroxyl groups excluding tert-OH is 2. The first-order chi connectivity index (χ1) is 9.11. The summed E-state index contributed by atoms with van der Waals surface area (Å²) in [4.78, 5) is 13.6. The van der Waals surface area contributed by atoms with Gasteiger partial charge < -0.3 is 20.3 Å². The van der Waals surface area contributed by atoms with Crippen molar-refractivity contribution in [2.24, 2.45) is 5.11 Å². The van der Waals surface area contributed by atoms with Crippen LogP contribution in [0.15, 0.2) is 23.3 Å². The summed E-state index contributed by atoms with van der Waals surface area (Å²) in [6.45, 7) is -0.319. The minimum atomic E-state index is -1.20. The molecule has 1 amide bonds. The summed E-state index contributed by atoms with van der Waals surface area (Å²) in [6.07, 6.45) is -2.40. The molecule has 3 N–H and O–H groups in total. The third kappa shape index (κ3) is 2.94. The number of ether oxygens (including phenoxy) is 1. The standard InChI is InChI=1S/C11H12N4O4/c12-15-13-4-8(16)11(18)6-1-2-7-9(3-6)19-5-10(17)14-7/h1-3,8,11,16,18H,4-5H2,(H,14,17). The molecule has 0 radical (unpaired) electrons. The number of amides is 1. The number of nitrogens with one attached hydrogen (secondary N) is 1. The number of hydrogen-bond acceptors (Lipinski definition) is 5. The van der Waals surface area contributed by atoms with E-state index < -0.39 is 12.2 Å². The van der Waals surface area contributed by atoms with Gasteiger partial charge in [-0.25, -0.2) is 0 Å². The van der Waals surface area contributed by atoms with Crippen molar-refractivity contribution >= 4 is 11.6 Å². The Balaban J connectivity index is 2.17. The third-order valence-corrected chi connectivity index (χ3v) is 2.68. The number of azide groups is 1. The number of benzene rings is 1. The summed E-state index contributed by atoms with van der Waals surface area (Å²) in [5.41, 5.74) is 9.08. The third-order valence-electron chi connectivity index (χ3n) is 2.68. The summed E-state index contributed by atoms with van der Waals surface area (Å²) in [5.74, 6) is 0.177. The average Bonchev–Trinajstić information content (AvgIpc) is 2.43. The normalized spacial score (nSPS) is 16.4. The fourth-order valence-electron chi connectivity index (χ4n) is 1.72. The van der Waals surface area contributed by atoms with Crippen LogP contribution in [0.25, 0.3) is 10.4 Å². The molecular formula is C11H12N4O4. The molecule has 1 aliphatic rings. The van der Waals surface area contributed by atoms with Crippen molar-refractivity contribution in [2.45, 2.75) is 12.2 Å². The molecule has 0 saturated carbocycles. The molecule has 8 heteroatoms. The van der Waals surface area contributed by atoms with Crippen molar-refractivity contribution in [3.8, 4) is 5.75 Å². The maximum absolute atomic E-state index is 11.1. The van der Waals surface area contributed by atoms with Gasteiger partial charge in [-0.3, -0.25) is 4.79 Å². The Morgan fingerprint density at radius 3 is 3.05 bits per heavy atom. The van der Waals surface area contributed by atoms with E-state index in [9.17, 15) is 15.0 Å². The number of hydrogen-bond donors (Lipinski definition) is 3. The molecule has 2 rings (SSSR count). The van der Waals surface area contributed by atoms with Crippen molar-refractivity contribution < 1.29 is 19.7 Å². The van der Waals surface area contributed by atoms with Crippen LogP contribution in [0.4, 0.5) is 5.69 Å². The van der Waals surface area contributed by atoms with Gasteiger partial charge in [-0.2, -0.15) is 0 Å². The average molecular weight is 264 g/mol. The second kappa shape index (κ2) is 5.57. The molecule has 1 heterocycles. The van der Waals surface area contributed by atoms with E-state index in [2.05, 4.69) is 15.3 Å². The summed E-state index contributed by atoms with van der Waals surface area (Å²) < 4.78 is 5.20. The van der Waals surface area contributed by atoms with Gasteiger partial charge in [0.05, 0.1) is 18.3 Å². The fourth-order valence-corrected chi connectivity index (χ4v) is 1.72. The molecule has 0 aliphatic carbocycles. The number of nitrogens with zero attached hydrogens (tertiary/aromatic N) is 3. The maximum Gasteiger partial charge on any atom is 0.262 e. The summed E-state index contributed by atoms with van der Waals surface area (Å²) in [5, 5.41) is 25.3. The van der Waals surface area contributed by atoms with Crippen molar-refractivity contribution in [3.63, 3.8) is 0 Å². The van der Waals surface area contributed by atoms with E-state index in [4.69, 9.17) is 10.3 Å². The Bertz CT molecular complexity index is 541. The molecule has 1 aliphatic heterocycles. The van der Waals surface area contributed by atoms with Crippen LogP contribution in [-0.4, -0.2) is 35.4 Å². The minimum Gasteiger partial charge on any atom is -0.482 e. The summed E-state index contributed by atoms with van der Waals surface area (Å²) in [6, 6.07) is 4.65. The summed E-state index contributed by atoms with van der Waals surface area (Å²) >= 11 is 0. The zero-order valence-corrected chi connectivity index (χ0v) is 9.85. The van der Waals surface area contributed by atoms with E-state index in [0.717, 1.165) is 0 Å². The lowest BCUT2D eigenvalue weighted by Crippen LogP contribution is -2.26. The number of rotatable bonds is 4. The fraction of sp³-hybridized carbons (Fsp3) is 0.364. The van der Waals surface area contributed by atoms with E-state index >= 15 is 0 Å². The van der Waals surface area contributed by atoms with Gasteiger partial charge in [0.25, 0.3) is 5.91 Å².